The number of hydrogen-bond acceptors (Lipinski definition) is 4. The van der Waals surface area contributed by atoms with Gasteiger partial charge in [-0.1, -0.05) is 53.7 Å². The minimum absolute atomic E-state index is 0.215. The van der Waals surface area contributed by atoms with Crippen LogP contribution in [-0.4, -0.2) is 39.0 Å². The monoisotopic (exact) mass is 400 g/mol. The number of nitrogens with one attached hydrogen (secondary N) is 1. The molecule has 1 saturated heterocycles. The molecule has 2 aromatic heterocycles. The first kappa shape index (κ1) is 18.6. The molecule has 0 radical (unpaired) electrons. The van der Waals surface area contributed by atoms with Crippen molar-refractivity contribution in [2.75, 3.05) is 13.1 Å². The summed E-state index contributed by atoms with van der Waals surface area (Å²) in [7, 11) is 0. The van der Waals surface area contributed by atoms with Gasteiger partial charge in [-0.15, -0.1) is 0 Å². The second kappa shape index (κ2) is 8.14. The first-order valence-electron chi connectivity index (χ1n) is 10.5. The van der Waals surface area contributed by atoms with E-state index in [0.29, 0.717) is 18.1 Å². The number of likely N-dealkylation sites (tertiary alicyclic amines) is 1. The third-order valence-electron chi connectivity index (χ3n) is 5.95. The maximum Gasteiger partial charge on any atom is 0.230 e. The highest BCUT2D eigenvalue weighted by Gasteiger charge is 2.27. The summed E-state index contributed by atoms with van der Waals surface area (Å²) in [4.78, 5) is 22.6. The highest BCUT2D eigenvalue weighted by Crippen LogP contribution is 2.29. The van der Waals surface area contributed by atoms with Gasteiger partial charge in [-0.3, -0.25) is 4.79 Å². The van der Waals surface area contributed by atoms with Gasteiger partial charge in [0.25, 0.3) is 0 Å². The summed E-state index contributed by atoms with van der Waals surface area (Å²) < 4.78 is 5.52. The van der Waals surface area contributed by atoms with E-state index in [2.05, 4.69) is 27.3 Å². The molecule has 0 unspecified atom stereocenters. The molecule has 1 amide bonds. The summed E-state index contributed by atoms with van der Waals surface area (Å²) in [6, 6.07) is 18.1. The lowest BCUT2D eigenvalue weighted by atomic mass is 9.96. The van der Waals surface area contributed by atoms with Crippen molar-refractivity contribution in [3.63, 3.8) is 0 Å². The average Bonchev–Trinajstić information content (AvgIpc) is 3.46. The molecule has 5 rings (SSSR count). The van der Waals surface area contributed by atoms with Crippen molar-refractivity contribution < 1.29 is 9.32 Å². The predicted octanol–water partition coefficient (Wildman–Crippen LogP) is 4.56. The third kappa shape index (κ3) is 3.73. The van der Waals surface area contributed by atoms with Gasteiger partial charge >= 0.3 is 0 Å². The molecule has 1 aliphatic heterocycles. The van der Waals surface area contributed by atoms with Gasteiger partial charge in [-0.05, 0) is 30.9 Å². The molecule has 30 heavy (non-hydrogen) atoms. The summed E-state index contributed by atoms with van der Waals surface area (Å²) in [5, 5.41) is 5.33. The van der Waals surface area contributed by atoms with Crippen molar-refractivity contribution in [2.24, 2.45) is 0 Å². The van der Waals surface area contributed by atoms with Gasteiger partial charge in [0.1, 0.15) is 0 Å². The number of hydrogen-bond donors (Lipinski definition) is 1. The van der Waals surface area contributed by atoms with E-state index in [-0.39, 0.29) is 11.8 Å². The van der Waals surface area contributed by atoms with Crippen LogP contribution in [0.3, 0.4) is 0 Å². The molecule has 3 heterocycles. The Bertz CT molecular complexity index is 1140. The number of H-pyrrole nitrogens is 1. The molecule has 1 fully saturated rings. The Morgan fingerprint density at radius 2 is 1.83 bits per heavy atom. The number of aromatic nitrogens is 3. The van der Waals surface area contributed by atoms with Crippen LogP contribution in [-0.2, 0) is 11.2 Å². The number of aryl methyl sites for hydroxylation is 1. The van der Waals surface area contributed by atoms with E-state index in [1.807, 2.05) is 53.6 Å². The zero-order valence-corrected chi connectivity index (χ0v) is 16.8. The molecule has 0 spiro atoms. The fourth-order valence-electron chi connectivity index (χ4n) is 4.22. The van der Waals surface area contributed by atoms with E-state index in [4.69, 9.17) is 4.52 Å². The first-order chi connectivity index (χ1) is 14.8. The number of fused-ring (bicyclic) bond motifs is 1. The van der Waals surface area contributed by atoms with Crippen molar-refractivity contribution >= 4 is 16.8 Å². The standard InChI is InChI=1S/C24H24N4O2/c29-22(11-10-19-16-25-21-9-5-4-8-20(19)21)28-14-12-18(13-15-28)24-26-23(27-30-24)17-6-2-1-3-7-17/h1-9,16,18,25H,10-15H2. The van der Waals surface area contributed by atoms with E-state index < -0.39 is 0 Å². The second-order valence-corrected chi connectivity index (χ2v) is 7.84. The number of aromatic amines is 1. The lowest BCUT2D eigenvalue weighted by molar-refractivity contribution is -0.132. The molecule has 152 valence electrons. The maximum absolute atomic E-state index is 12.7. The van der Waals surface area contributed by atoms with Crippen LogP contribution < -0.4 is 0 Å². The highest BCUT2D eigenvalue weighted by atomic mass is 16.5. The molecule has 1 N–H and O–H groups in total. The summed E-state index contributed by atoms with van der Waals surface area (Å²) in [6.45, 7) is 1.47. The van der Waals surface area contributed by atoms with Crippen LogP contribution in [0.2, 0.25) is 0 Å². The van der Waals surface area contributed by atoms with Crippen LogP contribution in [0, 0.1) is 0 Å². The number of carbonyl (C=O) groups excluding carboxylic acids is 1. The number of piperidine rings is 1. The van der Waals surface area contributed by atoms with Crippen LogP contribution in [0.1, 0.15) is 36.6 Å². The van der Waals surface area contributed by atoms with Crippen LogP contribution in [0.4, 0.5) is 0 Å². The molecular formula is C24H24N4O2. The SMILES string of the molecule is O=C(CCc1c[nH]c2ccccc12)N1CCC(c2nc(-c3ccccc3)no2)CC1. The Labute approximate surface area is 174 Å². The molecule has 6 heteroatoms. The summed E-state index contributed by atoms with van der Waals surface area (Å²) in [5.74, 6) is 1.74. The van der Waals surface area contributed by atoms with Crippen molar-refractivity contribution in [1.29, 1.82) is 0 Å². The summed E-state index contributed by atoms with van der Waals surface area (Å²) >= 11 is 0. The van der Waals surface area contributed by atoms with Crippen LogP contribution in [0.15, 0.2) is 65.3 Å². The predicted molar refractivity (Wildman–Crippen MR) is 115 cm³/mol. The van der Waals surface area contributed by atoms with Gasteiger partial charge in [0.2, 0.25) is 17.6 Å². The van der Waals surface area contributed by atoms with E-state index in [1.165, 1.54) is 10.9 Å². The molecule has 0 saturated carbocycles. The van der Waals surface area contributed by atoms with Gasteiger partial charge in [0.05, 0.1) is 0 Å². The van der Waals surface area contributed by atoms with Crippen molar-refractivity contribution in [1.82, 2.24) is 20.0 Å². The number of carbonyl (C=O) groups is 1. The number of para-hydroxylation sites is 1. The lowest BCUT2D eigenvalue weighted by Gasteiger charge is -2.30. The fourth-order valence-corrected chi connectivity index (χ4v) is 4.22. The minimum atomic E-state index is 0.215. The fraction of sp³-hybridized carbons (Fsp3) is 0.292. The molecule has 0 bridgehead atoms. The molecular weight excluding hydrogens is 376 g/mol. The zero-order chi connectivity index (χ0) is 20.3. The Hall–Kier alpha value is -3.41. The van der Waals surface area contributed by atoms with Crippen molar-refractivity contribution in [3.05, 3.63) is 72.2 Å². The van der Waals surface area contributed by atoms with Crippen molar-refractivity contribution in [3.8, 4) is 11.4 Å². The largest absolute Gasteiger partial charge is 0.361 e. The molecule has 1 aliphatic rings. The molecule has 0 aliphatic carbocycles. The van der Waals surface area contributed by atoms with Gasteiger partial charge in [-0.25, -0.2) is 0 Å². The normalized spacial score (nSPS) is 15.0. The quantitative estimate of drug-likeness (QED) is 0.533. The van der Waals surface area contributed by atoms with E-state index in [1.54, 1.807) is 0 Å². The van der Waals surface area contributed by atoms with Gasteiger partial charge in [0, 0.05) is 48.1 Å². The Morgan fingerprint density at radius 3 is 2.67 bits per heavy atom. The van der Waals surface area contributed by atoms with Gasteiger partial charge in [-0.2, -0.15) is 4.98 Å². The number of benzene rings is 2. The number of rotatable bonds is 5. The van der Waals surface area contributed by atoms with Crippen LogP contribution in [0.25, 0.3) is 22.3 Å². The van der Waals surface area contributed by atoms with Crippen molar-refractivity contribution in [2.45, 2.75) is 31.6 Å². The van der Waals surface area contributed by atoms with E-state index in [0.717, 1.165) is 43.4 Å². The van der Waals surface area contributed by atoms with Gasteiger partial charge in [0.15, 0.2) is 0 Å². The number of amides is 1. The summed E-state index contributed by atoms with van der Waals surface area (Å²) in [5.41, 5.74) is 3.28. The molecule has 0 atom stereocenters. The second-order valence-electron chi connectivity index (χ2n) is 7.84. The van der Waals surface area contributed by atoms with E-state index in [9.17, 15) is 4.79 Å². The minimum Gasteiger partial charge on any atom is -0.361 e. The Kier molecular flexibility index (Phi) is 5.05. The average molecular weight is 400 g/mol. The maximum atomic E-state index is 12.7. The zero-order valence-electron chi connectivity index (χ0n) is 16.8. The highest BCUT2D eigenvalue weighted by molar-refractivity contribution is 5.84. The van der Waals surface area contributed by atoms with Gasteiger partial charge < -0.3 is 14.4 Å². The lowest BCUT2D eigenvalue weighted by Crippen LogP contribution is -2.38. The Balaban J connectivity index is 1.16. The van der Waals surface area contributed by atoms with Crippen LogP contribution in [0.5, 0.6) is 0 Å². The topological polar surface area (TPSA) is 75.0 Å². The molecule has 6 nitrogen and oxygen atoms in total. The third-order valence-corrected chi connectivity index (χ3v) is 5.95. The van der Waals surface area contributed by atoms with E-state index >= 15 is 0 Å². The smallest absolute Gasteiger partial charge is 0.230 e. The number of nitrogens with zero attached hydrogens (tertiary/aromatic N) is 3. The van der Waals surface area contributed by atoms with Crippen LogP contribution >= 0.6 is 0 Å². The molecule has 2 aromatic carbocycles. The first-order valence-corrected chi connectivity index (χ1v) is 10.5. The molecule has 4 aromatic rings. The Morgan fingerprint density at radius 1 is 1.07 bits per heavy atom. The summed E-state index contributed by atoms with van der Waals surface area (Å²) in [6.07, 6.45) is 5.02.